The number of hydrogen-bond acceptors (Lipinski definition) is 4. The lowest BCUT2D eigenvalue weighted by Crippen LogP contribution is -1.98. The number of carbonyl (C=O) groups is 1. The smallest absolute Gasteiger partial charge is 0.180 e. The first-order valence-corrected chi connectivity index (χ1v) is 5.30. The Bertz CT molecular complexity index is 529. The Kier molecular flexibility index (Phi) is 2.18. The van der Waals surface area contributed by atoms with Crippen LogP contribution < -0.4 is 0 Å². The number of carbonyl (C=O) groups excluding carboxylic acids is 1. The van der Waals surface area contributed by atoms with Crippen molar-refractivity contribution in [1.82, 2.24) is 14.6 Å². The molecule has 0 radical (unpaired) electrons. The lowest BCUT2D eigenvalue weighted by atomic mass is 10.2. The third-order valence-electron chi connectivity index (χ3n) is 2.75. The fraction of sp³-hybridized carbons (Fsp3) is 0.364. The standard InChI is InChI=1S/C11H11N3O2/c15-7-8-3-1-5-14-11(8)12-10(13-14)9-4-2-6-16-9/h1,3,5,7,9H,2,4,6H2. The number of ether oxygens (including phenoxy) is 1. The van der Waals surface area contributed by atoms with Crippen LogP contribution in [0.3, 0.4) is 0 Å². The molecule has 2 aromatic heterocycles. The summed E-state index contributed by atoms with van der Waals surface area (Å²) in [6.07, 6.45) is 4.56. The highest BCUT2D eigenvalue weighted by Crippen LogP contribution is 2.26. The molecule has 16 heavy (non-hydrogen) atoms. The van der Waals surface area contributed by atoms with Crippen LogP contribution in [0.2, 0.25) is 0 Å². The predicted octanol–water partition coefficient (Wildman–Crippen LogP) is 1.39. The Labute approximate surface area is 92.1 Å². The Hall–Kier alpha value is -1.75. The van der Waals surface area contributed by atoms with Crippen molar-refractivity contribution in [2.24, 2.45) is 0 Å². The molecule has 0 bridgehead atoms. The largest absolute Gasteiger partial charge is 0.370 e. The van der Waals surface area contributed by atoms with E-state index in [2.05, 4.69) is 10.1 Å². The van der Waals surface area contributed by atoms with Gasteiger partial charge in [0, 0.05) is 12.8 Å². The first-order chi connectivity index (χ1) is 7.88. The summed E-state index contributed by atoms with van der Waals surface area (Å²) >= 11 is 0. The van der Waals surface area contributed by atoms with Crippen molar-refractivity contribution in [3.8, 4) is 0 Å². The molecule has 0 aliphatic carbocycles. The van der Waals surface area contributed by atoms with Crippen LogP contribution in [0, 0.1) is 0 Å². The second-order valence-corrected chi connectivity index (χ2v) is 3.82. The molecule has 3 rings (SSSR count). The minimum Gasteiger partial charge on any atom is -0.370 e. The topological polar surface area (TPSA) is 56.5 Å². The van der Waals surface area contributed by atoms with Gasteiger partial charge >= 0.3 is 0 Å². The number of aldehydes is 1. The van der Waals surface area contributed by atoms with E-state index >= 15 is 0 Å². The second kappa shape index (κ2) is 3.68. The molecular formula is C11H11N3O2. The van der Waals surface area contributed by atoms with E-state index in [1.165, 1.54) is 0 Å². The van der Waals surface area contributed by atoms with Gasteiger partial charge in [-0.05, 0) is 25.0 Å². The molecular weight excluding hydrogens is 206 g/mol. The highest BCUT2D eigenvalue weighted by molar-refractivity contribution is 5.83. The van der Waals surface area contributed by atoms with Gasteiger partial charge in [-0.15, -0.1) is 5.10 Å². The molecule has 1 aliphatic rings. The Morgan fingerprint density at radius 3 is 3.25 bits per heavy atom. The number of aromatic nitrogens is 3. The summed E-state index contributed by atoms with van der Waals surface area (Å²) < 4.78 is 7.14. The zero-order valence-electron chi connectivity index (χ0n) is 8.67. The lowest BCUT2D eigenvalue weighted by molar-refractivity contribution is 0.105. The zero-order valence-corrected chi connectivity index (χ0v) is 8.67. The summed E-state index contributed by atoms with van der Waals surface area (Å²) in [5.41, 5.74) is 1.15. The van der Waals surface area contributed by atoms with Crippen LogP contribution in [0.1, 0.15) is 35.1 Å². The van der Waals surface area contributed by atoms with Crippen molar-refractivity contribution in [3.63, 3.8) is 0 Å². The van der Waals surface area contributed by atoms with Crippen LogP contribution in [0.5, 0.6) is 0 Å². The van der Waals surface area contributed by atoms with E-state index in [0.717, 1.165) is 25.7 Å². The van der Waals surface area contributed by atoms with Gasteiger partial charge in [-0.25, -0.2) is 9.50 Å². The van der Waals surface area contributed by atoms with Gasteiger partial charge in [0.25, 0.3) is 0 Å². The average Bonchev–Trinajstić information content (AvgIpc) is 2.96. The van der Waals surface area contributed by atoms with Gasteiger partial charge in [0.2, 0.25) is 0 Å². The average molecular weight is 217 g/mol. The monoisotopic (exact) mass is 217 g/mol. The highest BCUT2D eigenvalue weighted by atomic mass is 16.5. The minimum absolute atomic E-state index is 0.0144. The zero-order chi connectivity index (χ0) is 11.0. The van der Waals surface area contributed by atoms with E-state index < -0.39 is 0 Å². The normalized spacial score (nSPS) is 20.4. The van der Waals surface area contributed by atoms with E-state index in [4.69, 9.17) is 4.74 Å². The molecule has 1 saturated heterocycles. The minimum atomic E-state index is -0.0144. The third-order valence-corrected chi connectivity index (χ3v) is 2.75. The molecule has 3 heterocycles. The van der Waals surface area contributed by atoms with E-state index in [-0.39, 0.29) is 6.10 Å². The van der Waals surface area contributed by atoms with Gasteiger partial charge in [0.1, 0.15) is 6.10 Å². The summed E-state index contributed by atoms with van der Waals surface area (Å²) in [4.78, 5) is 15.2. The predicted molar refractivity (Wildman–Crippen MR) is 56.3 cm³/mol. The van der Waals surface area contributed by atoms with Gasteiger partial charge in [-0.2, -0.15) is 0 Å². The molecule has 0 spiro atoms. The van der Waals surface area contributed by atoms with Crippen molar-refractivity contribution in [2.45, 2.75) is 18.9 Å². The number of fused-ring (bicyclic) bond motifs is 1. The summed E-state index contributed by atoms with van der Waals surface area (Å²) in [5.74, 6) is 0.673. The fourth-order valence-corrected chi connectivity index (χ4v) is 1.95. The number of hydrogen-bond donors (Lipinski definition) is 0. The number of pyridine rings is 1. The van der Waals surface area contributed by atoms with Crippen LogP contribution in [0.4, 0.5) is 0 Å². The van der Waals surface area contributed by atoms with Crippen LogP contribution in [0.25, 0.3) is 5.65 Å². The summed E-state index contributed by atoms with van der Waals surface area (Å²) in [7, 11) is 0. The quantitative estimate of drug-likeness (QED) is 0.713. The molecule has 1 aliphatic heterocycles. The van der Waals surface area contributed by atoms with Crippen molar-refractivity contribution in [1.29, 1.82) is 0 Å². The molecule has 5 heteroatoms. The molecule has 0 saturated carbocycles. The Morgan fingerprint density at radius 2 is 2.50 bits per heavy atom. The lowest BCUT2D eigenvalue weighted by Gasteiger charge is -2.01. The van der Waals surface area contributed by atoms with E-state index in [0.29, 0.717) is 17.0 Å². The maximum atomic E-state index is 10.8. The molecule has 1 atom stereocenters. The molecule has 1 fully saturated rings. The number of nitrogens with zero attached hydrogens (tertiary/aromatic N) is 3. The van der Waals surface area contributed by atoms with E-state index in [1.54, 1.807) is 22.8 Å². The molecule has 0 aromatic carbocycles. The van der Waals surface area contributed by atoms with Gasteiger partial charge in [-0.3, -0.25) is 4.79 Å². The van der Waals surface area contributed by atoms with Gasteiger partial charge in [-0.1, -0.05) is 0 Å². The van der Waals surface area contributed by atoms with Crippen LogP contribution in [-0.2, 0) is 4.74 Å². The molecule has 0 amide bonds. The van der Waals surface area contributed by atoms with Crippen molar-refractivity contribution >= 4 is 11.9 Å². The summed E-state index contributed by atoms with van der Waals surface area (Å²) in [6, 6.07) is 3.51. The van der Waals surface area contributed by atoms with Crippen LogP contribution in [-0.4, -0.2) is 27.5 Å². The van der Waals surface area contributed by atoms with Crippen LogP contribution >= 0.6 is 0 Å². The summed E-state index contributed by atoms with van der Waals surface area (Å²) in [5, 5.41) is 4.32. The second-order valence-electron chi connectivity index (χ2n) is 3.82. The molecule has 1 unspecified atom stereocenters. The Balaban J connectivity index is 2.11. The maximum absolute atomic E-state index is 10.8. The highest BCUT2D eigenvalue weighted by Gasteiger charge is 2.22. The molecule has 82 valence electrons. The van der Waals surface area contributed by atoms with Gasteiger partial charge in [0.05, 0.1) is 5.56 Å². The first-order valence-electron chi connectivity index (χ1n) is 5.30. The van der Waals surface area contributed by atoms with Crippen molar-refractivity contribution in [2.75, 3.05) is 6.61 Å². The third kappa shape index (κ3) is 1.40. The Morgan fingerprint density at radius 1 is 1.56 bits per heavy atom. The molecule has 5 nitrogen and oxygen atoms in total. The van der Waals surface area contributed by atoms with Gasteiger partial charge in [0.15, 0.2) is 17.8 Å². The first kappa shape index (κ1) is 9.47. The summed E-state index contributed by atoms with van der Waals surface area (Å²) in [6.45, 7) is 0.765. The SMILES string of the molecule is O=Cc1cccn2nc(C3CCCO3)nc12. The van der Waals surface area contributed by atoms with E-state index in [9.17, 15) is 4.79 Å². The van der Waals surface area contributed by atoms with Crippen molar-refractivity contribution in [3.05, 3.63) is 29.7 Å². The maximum Gasteiger partial charge on any atom is 0.180 e. The van der Waals surface area contributed by atoms with Gasteiger partial charge < -0.3 is 4.74 Å². The fourth-order valence-electron chi connectivity index (χ4n) is 1.95. The van der Waals surface area contributed by atoms with Crippen molar-refractivity contribution < 1.29 is 9.53 Å². The molecule has 2 aromatic rings. The van der Waals surface area contributed by atoms with Crippen LogP contribution in [0.15, 0.2) is 18.3 Å². The van der Waals surface area contributed by atoms with E-state index in [1.807, 2.05) is 0 Å². The molecule has 0 N–H and O–H groups in total. The number of rotatable bonds is 2.